The van der Waals surface area contributed by atoms with E-state index >= 15 is 0 Å². The van der Waals surface area contributed by atoms with Crippen molar-refractivity contribution >= 4 is 11.8 Å². The van der Waals surface area contributed by atoms with E-state index in [1.54, 1.807) is 4.90 Å². The van der Waals surface area contributed by atoms with Crippen LogP contribution in [0, 0.1) is 6.92 Å². The second-order valence-corrected chi connectivity index (χ2v) is 8.85. The zero-order chi connectivity index (χ0) is 24.3. The first-order valence-corrected chi connectivity index (χ1v) is 12.2. The lowest BCUT2D eigenvalue weighted by atomic mass is 9.88. The van der Waals surface area contributed by atoms with Crippen molar-refractivity contribution in [2.45, 2.75) is 58.5 Å². The summed E-state index contributed by atoms with van der Waals surface area (Å²) >= 11 is 0. The van der Waals surface area contributed by atoms with E-state index in [0.29, 0.717) is 19.5 Å². The molecule has 0 aliphatic heterocycles. The first-order valence-electron chi connectivity index (χ1n) is 12.2. The van der Waals surface area contributed by atoms with Gasteiger partial charge in [0, 0.05) is 25.4 Å². The Morgan fingerprint density at radius 1 is 0.853 bits per heavy atom. The Kier molecular flexibility index (Phi) is 9.45. The van der Waals surface area contributed by atoms with Crippen molar-refractivity contribution in [1.29, 1.82) is 0 Å². The number of unbranched alkanes of at least 4 members (excludes halogenated alkanes) is 1. The maximum absolute atomic E-state index is 13.8. The molecular weight excluding hydrogens is 420 g/mol. The molecule has 0 saturated heterocycles. The lowest BCUT2D eigenvalue weighted by Crippen LogP contribution is -2.48. The van der Waals surface area contributed by atoms with Crippen molar-refractivity contribution in [3.05, 3.63) is 107 Å². The van der Waals surface area contributed by atoms with Crippen LogP contribution >= 0.6 is 0 Å². The number of carbonyl (C=O) groups excluding carboxylic acids is 2. The average molecular weight is 457 g/mol. The Bertz CT molecular complexity index is 1010. The maximum Gasteiger partial charge on any atom is 0.242 e. The van der Waals surface area contributed by atoms with Crippen LogP contribution in [0.5, 0.6) is 0 Å². The molecule has 0 fully saturated rings. The molecule has 0 unspecified atom stereocenters. The maximum atomic E-state index is 13.8. The summed E-state index contributed by atoms with van der Waals surface area (Å²) in [5, 5.41) is 3.00. The fraction of sp³-hybridized carbons (Fsp3) is 0.333. The van der Waals surface area contributed by atoms with Gasteiger partial charge in [-0.25, -0.2) is 0 Å². The average Bonchev–Trinajstić information content (AvgIpc) is 2.87. The third-order valence-electron chi connectivity index (χ3n) is 6.38. The molecule has 3 aromatic carbocycles. The van der Waals surface area contributed by atoms with Gasteiger partial charge in [0.25, 0.3) is 0 Å². The molecule has 4 heteroatoms. The molecule has 3 rings (SSSR count). The molecule has 0 bridgehead atoms. The number of hydrogen-bond acceptors (Lipinski definition) is 2. The summed E-state index contributed by atoms with van der Waals surface area (Å²) in [6.07, 6.45) is 2.23. The summed E-state index contributed by atoms with van der Waals surface area (Å²) in [4.78, 5) is 28.5. The van der Waals surface area contributed by atoms with E-state index in [9.17, 15) is 9.59 Å². The number of nitrogens with one attached hydrogen (secondary N) is 1. The molecular formula is C30H36N2O2. The van der Waals surface area contributed by atoms with Gasteiger partial charge in [0.05, 0.1) is 0 Å². The van der Waals surface area contributed by atoms with Gasteiger partial charge in [-0.05, 0) is 42.5 Å². The number of aryl methyl sites for hydroxylation is 1. The Morgan fingerprint density at radius 3 is 1.97 bits per heavy atom. The van der Waals surface area contributed by atoms with Crippen LogP contribution < -0.4 is 5.32 Å². The van der Waals surface area contributed by atoms with E-state index in [-0.39, 0.29) is 17.7 Å². The van der Waals surface area contributed by atoms with Crippen molar-refractivity contribution in [3.63, 3.8) is 0 Å². The zero-order valence-corrected chi connectivity index (χ0v) is 20.5. The summed E-state index contributed by atoms with van der Waals surface area (Å²) < 4.78 is 0. The van der Waals surface area contributed by atoms with Gasteiger partial charge in [-0.1, -0.05) is 98.3 Å². The Balaban J connectivity index is 1.89. The minimum Gasteiger partial charge on any atom is -0.354 e. The third kappa shape index (κ3) is 6.80. The lowest BCUT2D eigenvalue weighted by Gasteiger charge is -2.31. The van der Waals surface area contributed by atoms with E-state index in [1.165, 1.54) is 0 Å². The van der Waals surface area contributed by atoms with E-state index < -0.39 is 6.04 Å². The molecule has 0 aromatic heterocycles. The largest absolute Gasteiger partial charge is 0.354 e. The van der Waals surface area contributed by atoms with E-state index in [1.807, 2.05) is 74.5 Å². The number of carbonyl (C=O) groups is 2. The normalized spacial score (nSPS) is 11.8. The molecule has 0 spiro atoms. The van der Waals surface area contributed by atoms with E-state index in [0.717, 1.165) is 35.1 Å². The Morgan fingerprint density at radius 2 is 1.41 bits per heavy atom. The van der Waals surface area contributed by atoms with Crippen molar-refractivity contribution in [2.75, 3.05) is 6.54 Å². The monoisotopic (exact) mass is 456 g/mol. The van der Waals surface area contributed by atoms with Crippen molar-refractivity contribution in [3.8, 4) is 0 Å². The second kappa shape index (κ2) is 12.7. The molecule has 178 valence electrons. The molecule has 0 radical (unpaired) electrons. The molecule has 2 amide bonds. The quantitative estimate of drug-likeness (QED) is 0.368. The van der Waals surface area contributed by atoms with Gasteiger partial charge in [-0.15, -0.1) is 0 Å². The van der Waals surface area contributed by atoms with Crippen LogP contribution in [0.15, 0.2) is 84.9 Å². The summed E-state index contributed by atoms with van der Waals surface area (Å²) in [6, 6.07) is 27.7. The highest BCUT2D eigenvalue weighted by molar-refractivity contribution is 5.87. The van der Waals surface area contributed by atoms with Gasteiger partial charge in [-0.3, -0.25) is 9.59 Å². The second-order valence-electron chi connectivity index (χ2n) is 8.85. The zero-order valence-electron chi connectivity index (χ0n) is 20.5. The minimum atomic E-state index is -0.559. The minimum absolute atomic E-state index is 0.0286. The van der Waals surface area contributed by atoms with Crippen molar-refractivity contribution < 1.29 is 9.59 Å². The van der Waals surface area contributed by atoms with Crippen molar-refractivity contribution in [1.82, 2.24) is 10.2 Å². The van der Waals surface area contributed by atoms with Crippen LogP contribution in [0.1, 0.15) is 61.3 Å². The van der Waals surface area contributed by atoms with Crippen LogP contribution in [0.3, 0.4) is 0 Å². The van der Waals surface area contributed by atoms with E-state index in [4.69, 9.17) is 0 Å². The van der Waals surface area contributed by atoms with Crippen LogP contribution in [-0.4, -0.2) is 29.3 Å². The number of amides is 2. The molecule has 1 N–H and O–H groups in total. The van der Waals surface area contributed by atoms with E-state index in [2.05, 4.69) is 36.5 Å². The van der Waals surface area contributed by atoms with Gasteiger partial charge in [0.15, 0.2) is 0 Å². The topological polar surface area (TPSA) is 49.4 Å². The van der Waals surface area contributed by atoms with Crippen LogP contribution in [0.25, 0.3) is 0 Å². The summed E-state index contributed by atoms with van der Waals surface area (Å²) in [5.74, 6) is -0.213. The highest BCUT2D eigenvalue weighted by Gasteiger charge is 2.29. The van der Waals surface area contributed by atoms with Gasteiger partial charge < -0.3 is 10.2 Å². The first kappa shape index (κ1) is 25.2. The first-order chi connectivity index (χ1) is 16.5. The van der Waals surface area contributed by atoms with Gasteiger partial charge in [-0.2, -0.15) is 0 Å². The molecule has 3 aromatic rings. The highest BCUT2D eigenvalue weighted by Crippen LogP contribution is 2.29. The fourth-order valence-corrected chi connectivity index (χ4v) is 4.18. The highest BCUT2D eigenvalue weighted by atomic mass is 16.2. The van der Waals surface area contributed by atoms with Gasteiger partial charge >= 0.3 is 0 Å². The summed E-state index contributed by atoms with van der Waals surface area (Å²) in [6.45, 7) is 7.00. The predicted octanol–water partition coefficient (Wildman–Crippen LogP) is 5.85. The smallest absolute Gasteiger partial charge is 0.242 e. The predicted molar refractivity (Wildman–Crippen MR) is 138 cm³/mol. The molecule has 0 aliphatic carbocycles. The molecule has 4 nitrogen and oxygen atoms in total. The third-order valence-corrected chi connectivity index (χ3v) is 6.38. The number of rotatable bonds is 11. The van der Waals surface area contributed by atoms with Gasteiger partial charge in [0.2, 0.25) is 11.8 Å². The number of hydrogen-bond donors (Lipinski definition) is 1. The van der Waals surface area contributed by atoms with Crippen LogP contribution in [-0.2, 0) is 16.1 Å². The van der Waals surface area contributed by atoms with Crippen LogP contribution in [0.2, 0.25) is 0 Å². The van der Waals surface area contributed by atoms with Crippen LogP contribution in [0.4, 0.5) is 0 Å². The van der Waals surface area contributed by atoms with Gasteiger partial charge in [0.1, 0.15) is 6.04 Å². The summed E-state index contributed by atoms with van der Waals surface area (Å²) in [5.41, 5.74) is 4.36. The molecule has 0 heterocycles. The Labute approximate surface area is 204 Å². The lowest BCUT2D eigenvalue weighted by molar-refractivity contribution is -0.140. The molecule has 0 aliphatic rings. The molecule has 1 atom stereocenters. The molecule has 34 heavy (non-hydrogen) atoms. The fourth-order valence-electron chi connectivity index (χ4n) is 4.18. The SMILES string of the molecule is CCCCNC(=O)[C@H](C)N(Cc1ccccc1C)C(=O)CC(c1ccccc1)c1ccccc1. The standard InChI is InChI=1S/C30H36N2O2/c1-4-5-20-31-30(34)24(3)32(22-27-19-13-12-14-23(27)2)29(33)21-28(25-15-8-6-9-16-25)26-17-10-7-11-18-26/h6-19,24,28H,4-5,20-22H2,1-3H3,(H,31,34)/t24-/m0/s1. The summed E-state index contributed by atoms with van der Waals surface area (Å²) in [7, 11) is 0. The Hall–Kier alpha value is -3.40. The molecule has 0 saturated carbocycles. The number of nitrogens with zero attached hydrogens (tertiary/aromatic N) is 1. The van der Waals surface area contributed by atoms with Crippen molar-refractivity contribution in [2.24, 2.45) is 0 Å². The number of benzene rings is 3.